The number of rotatable bonds is 4. The average molecular weight is 325 g/mol. The van der Waals surface area contributed by atoms with Gasteiger partial charge in [0.05, 0.1) is 15.7 Å². The van der Waals surface area contributed by atoms with Gasteiger partial charge in [-0.1, -0.05) is 35.3 Å². The molecule has 0 aliphatic carbocycles. The summed E-state index contributed by atoms with van der Waals surface area (Å²) in [6.07, 6.45) is 0. The van der Waals surface area contributed by atoms with Crippen LogP contribution in [0.2, 0.25) is 10.0 Å². The number of benzene rings is 2. The van der Waals surface area contributed by atoms with E-state index in [0.717, 1.165) is 5.69 Å². The summed E-state index contributed by atoms with van der Waals surface area (Å²) in [6, 6.07) is 10.4. The van der Waals surface area contributed by atoms with Crippen molar-refractivity contribution in [3.05, 3.63) is 52.0 Å². The Morgan fingerprint density at radius 3 is 2.62 bits per heavy atom. The van der Waals surface area contributed by atoms with Crippen LogP contribution in [-0.2, 0) is 11.3 Å². The average Bonchev–Trinajstić information content (AvgIpc) is 2.43. The number of anilines is 2. The first kappa shape index (κ1) is 15.5. The largest absolute Gasteiger partial charge is 0.506 e. The van der Waals surface area contributed by atoms with Gasteiger partial charge < -0.3 is 15.7 Å². The predicted octanol–water partition coefficient (Wildman–Crippen LogP) is 4.27. The van der Waals surface area contributed by atoms with Gasteiger partial charge in [-0.05, 0) is 24.3 Å². The van der Waals surface area contributed by atoms with Gasteiger partial charge in [0.15, 0.2) is 0 Å². The van der Waals surface area contributed by atoms with Crippen molar-refractivity contribution in [3.8, 4) is 5.75 Å². The highest BCUT2D eigenvalue weighted by Gasteiger charge is 2.06. The summed E-state index contributed by atoms with van der Waals surface area (Å²) in [5.74, 6) is -0.117. The fraction of sp³-hybridized carbons (Fsp3) is 0.133. The van der Waals surface area contributed by atoms with Crippen molar-refractivity contribution in [1.82, 2.24) is 0 Å². The summed E-state index contributed by atoms with van der Waals surface area (Å²) in [7, 11) is 0. The van der Waals surface area contributed by atoms with Crippen molar-refractivity contribution >= 4 is 40.5 Å². The highest BCUT2D eigenvalue weighted by atomic mass is 35.5. The van der Waals surface area contributed by atoms with Crippen LogP contribution in [0, 0.1) is 0 Å². The normalized spacial score (nSPS) is 10.2. The Balaban J connectivity index is 2.08. The van der Waals surface area contributed by atoms with Crippen LogP contribution >= 0.6 is 23.2 Å². The number of phenols is 1. The second kappa shape index (κ2) is 6.70. The Labute approximate surface area is 132 Å². The summed E-state index contributed by atoms with van der Waals surface area (Å²) in [5.41, 5.74) is 2.01. The molecule has 0 aromatic heterocycles. The molecule has 2 aromatic carbocycles. The molecule has 1 amide bonds. The van der Waals surface area contributed by atoms with E-state index in [2.05, 4.69) is 10.6 Å². The van der Waals surface area contributed by atoms with E-state index in [1.165, 1.54) is 6.92 Å². The van der Waals surface area contributed by atoms with Gasteiger partial charge in [-0.25, -0.2) is 0 Å². The Hall–Kier alpha value is -1.91. The van der Waals surface area contributed by atoms with Crippen LogP contribution < -0.4 is 10.6 Å². The molecular formula is C15H14Cl2N2O2. The SMILES string of the molecule is CC(=O)Nc1ccc(NCc2cccc(Cl)c2O)cc1Cl. The smallest absolute Gasteiger partial charge is 0.221 e. The monoisotopic (exact) mass is 324 g/mol. The number of nitrogens with one attached hydrogen (secondary N) is 2. The summed E-state index contributed by atoms with van der Waals surface area (Å²) >= 11 is 11.9. The molecule has 4 nitrogen and oxygen atoms in total. The van der Waals surface area contributed by atoms with E-state index >= 15 is 0 Å². The van der Waals surface area contributed by atoms with Gasteiger partial charge in [0, 0.05) is 24.7 Å². The van der Waals surface area contributed by atoms with Crippen molar-refractivity contribution in [2.24, 2.45) is 0 Å². The lowest BCUT2D eigenvalue weighted by atomic mass is 10.2. The van der Waals surface area contributed by atoms with E-state index in [1.807, 2.05) is 0 Å². The molecule has 0 saturated heterocycles. The lowest BCUT2D eigenvalue weighted by Gasteiger charge is -2.11. The second-order valence-corrected chi connectivity index (χ2v) is 5.29. The zero-order valence-electron chi connectivity index (χ0n) is 11.3. The molecule has 0 unspecified atom stereocenters. The fourth-order valence-electron chi connectivity index (χ4n) is 1.82. The third kappa shape index (κ3) is 4.03. The molecule has 6 heteroatoms. The van der Waals surface area contributed by atoms with Crippen LogP contribution in [0.3, 0.4) is 0 Å². The number of carbonyl (C=O) groups is 1. The third-order valence-electron chi connectivity index (χ3n) is 2.83. The fourth-order valence-corrected chi connectivity index (χ4v) is 2.24. The molecule has 0 atom stereocenters. The second-order valence-electron chi connectivity index (χ2n) is 4.48. The van der Waals surface area contributed by atoms with Crippen molar-refractivity contribution in [1.29, 1.82) is 0 Å². The van der Waals surface area contributed by atoms with Gasteiger partial charge in [-0.2, -0.15) is 0 Å². The van der Waals surface area contributed by atoms with Crippen LogP contribution in [0.25, 0.3) is 0 Å². The number of aromatic hydroxyl groups is 1. The third-order valence-corrected chi connectivity index (χ3v) is 3.45. The Kier molecular flexibility index (Phi) is 4.94. The highest BCUT2D eigenvalue weighted by Crippen LogP contribution is 2.29. The lowest BCUT2D eigenvalue weighted by molar-refractivity contribution is -0.114. The zero-order valence-corrected chi connectivity index (χ0v) is 12.8. The number of carbonyl (C=O) groups excluding carboxylic acids is 1. The molecule has 0 saturated carbocycles. The van der Waals surface area contributed by atoms with Crippen LogP contribution in [0.1, 0.15) is 12.5 Å². The predicted molar refractivity (Wildman–Crippen MR) is 86.2 cm³/mol. The zero-order chi connectivity index (χ0) is 15.4. The maximum absolute atomic E-state index is 11.0. The van der Waals surface area contributed by atoms with Gasteiger partial charge in [-0.15, -0.1) is 0 Å². The first-order valence-corrected chi connectivity index (χ1v) is 7.00. The van der Waals surface area contributed by atoms with Gasteiger partial charge in [0.2, 0.25) is 5.91 Å². The summed E-state index contributed by atoms with van der Waals surface area (Å²) < 4.78 is 0. The van der Waals surface area contributed by atoms with Crippen molar-refractivity contribution in [3.63, 3.8) is 0 Å². The molecule has 3 N–H and O–H groups in total. The topological polar surface area (TPSA) is 61.4 Å². The van der Waals surface area contributed by atoms with Crippen LogP contribution in [0.4, 0.5) is 11.4 Å². The number of hydrogen-bond acceptors (Lipinski definition) is 3. The first-order valence-electron chi connectivity index (χ1n) is 6.24. The minimum atomic E-state index is -0.179. The van der Waals surface area contributed by atoms with Gasteiger partial charge in [0.25, 0.3) is 0 Å². The maximum atomic E-state index is 11.0. The number of amides is 1. The van der Waals surface area contributed by atoms with Crippen molar-refractivity contribution < 1.29 is 9.90 Å². The van der Waals surface area contributed by atoms with E-state index in [1.54, 1.807) is 36.4 Å². The van der Waals surface area contributed by atoms with Crippen molar-refractivity contribution in [2.75, 3.05) is 10.6 Å². The molecule has 0 aliphatic rings. The minimum Gasteiger partial charge on any atom is -0.506 e. The molecule has 0 radical (unpaired) electrons. The van der Waals surface area contributed by atoms with Gasteiger partial charge in [-0.3, -0.25) is 4.79 Å². The molecule has 2 rings (SSSR count). The molecule has 21 heavy (non-hydrogen) atoms. The molecular weight excluding hydrogens is 311 g/mol. The summed E-state index contributed by atoms with van der Waals surface area (Å²) in [4.78, 5) is 11.0. The summed E-state index contributed by atoms with van der Waals surface area (Å²) in [6.45, 7) is 1.83. The highest BCUT2D eigenvalue weighted by molar-refractivity contribution is 6.34. The Bertz CT molecular complexity index is 675. The molecule has 0 fully saturated rings. The Morgan fingerprint density at radius 1 is 1.19 bits per heavy atom. The molecule has 0 aliphatic heterocycles. The maximum Gasteiger partial charge on any atom is 0.221 e. The number of para-hydroxylation sites is 1. The van der Waals surface area contributed by atoms with E-state index in [0.29, 0.717) is 27.8 Å². The van der Waals surface area contributed by atoms with Gasteiger partial charge in [0.1, 0.15) is 5.75 Å². The molecule has 0 spiro atoms. The van der Waals surface area contributed by atoms with E-state index < -0.39 is 0 Å². The molecule has 2 aromatic rings. The van der Waals surface area contributed by atoms with Gasteiger partial charge >= 0.3 is 0 Å². The molecule has 110 valence electrons. The number of halogens is 2. The minimum absolute atomic E-state index is 0.0626. The van der Waals surface area contributed by atoms with Crippen LogP contribution in [0.15, 0.2) is 36.4 Å². The van der Waals surface area contributed by atoms with Crippen LogP contribution in [-0.4, -0.2) is 11.0 Å². The first-order chi connectivity index (χ1) is 9.97. The standard InChI is InChI=1S/C15H14Cl2N2O2/c1-9(20)19-14-6-5-11(7-13(14)17)18-8-10-3-2-4-12(16)15(10)21/h2-7,18,21H,8H2,1H3,(H,19,20). The molecule has 0 bridgehead atoms. The van der Waals surface area contributed by atoms with E-state index in [-0.39, 0.29) is 11.7 Å². The van der Waals surface area contributed by atoms with E-state index in [4.69, 9.17) is 23.2 Å². The van der Waals surface area contributed by atoms with Crippen LogP contribution in [0.5, 0.6) is 5.75 Å². The molecule has 0 heterocycles. The number of phenolic OH excluding ortho intramolecular Hbond substituents is 1. The van der Waals surface area contributed by atoms with E-state index in [9.17, 15) is 9.90 Å². The quantitative estimate of drug-likeness (QED) is 0.787. The lowest BCUT2D eigenvalue weighted by Crippen LogP contribution is -2.06. The Morgan fingerprint density at radius 2 is 1.95 bits per heavy atom. The number of hydrogen-bond donors (Lipinski definition) is 3. The van der Waals surface area contributed by atoms with Crippen molar-refractivity contribution in [2.45, 2.75) is 13.5 Å². The summed E-state index contributed by atoms with van der Waals surface area (Å²) in [5, 5.41) is 16.3.